The second kappa shape index (κ2) is 8.36. The van der Waals surface area contributed by atoms with Crippen LogP contribution in [0.5, 0.6) is 5.75 Å². The third-order valence-electron chi connectivity index (χ3n) is 4.73. The Labute approximate surface area is 154 Å². The van der Waals surface area contributed by atoms with E-state index in [1.165, 1.54) is 0 Å². The second-order valence-corrected chi connectivity index (χ2v) is 6.42. The summed E-state index contributed by atoms with van der Waals surface area (Å²) in [7, 11) is 1.64. The first-order valence-corrected chi connectivity index (χ1v) is 8.32. The lowest BCUT2D eigenvalue weighted by Gasteiger charge is -2.28. The Kier molecular flexibility index (Phi) is 6.45. The van der Waals surface area contributed by atoms with Crippen molar-refractivity contribution in [3.63, 3.8) is 0 Å². The summed E-state index contributed by atoms with van der Waals surface area (Å²) < 4.78 is 6.92. The molecule has 2 aromatic rings. The fourth-order valence-corrected chi connectivity index (χ4v) is 3.23. The number of carbonyl (C=O) groups is 1. The molecule has 0 spiro atoms. The van der Waals surface area contributed by atoms with Gasteiger partial charge in [0.2, 0.25) is 0 Å². The van der Waals surface area contributed by atoms with Gasteiger partial charge in [0.15, 0.2) is 0 Å². The summed E-state index contributed by atoms with van der Waals surface area (Å²) in [5.41, 5.74) is 7.31. The molecule has 1 aliphatic carbocycles. The van der Waals surface area contributed by atoms with Crippen molar-refractivity contribution < 1.29 is 9.53 Å². The van der Waals surface area contributed by atoms with Crippen molar-refractivity contribution in [3.8, 4) is 5.75 Å². The zero-order chi connectivity index (χ0) is 17.0. The number of benzene rings is 1. The molecule has 136 valence electrons. The van der Waals surface area contributed by atoms with E-state index in [2.05, 4.69) is 10.4 Å². The van der Waals surface area contributed by atoms with Crippen molar-refractivity contribution in [2.75, 3.05) is 13.7 Å². The second-order valence-electron chi connectivity index (χ2n) is 6.42. The molecule has 0 aliphatic heterocycles. The van der Waals surface area contributed by atoms with Gasteiger partial charge in [-0.1, -0.05) is 25.0 Å². The predicted molar refractivity (Wildman–Crippen MR) is 99.3 cm³/mol. The van der Waals surface area contributed by atoms with Gasteiger partial charge in [-0.15, -0.1) is 12.4 Å². The maximum atomic E-state index is 12.5. The van der Waals surface area contributed by atoms with Gasteiger partial charge < -0.3 is 15.8 Å². The highest BCUT2D eigenvalue weighted by Crippen LogP contribution is 2.28. The van der Waals surface area contributed by atoms with Crippen molar-refractivity contribution in [1.29, 1.82) is 0 Å². The summed E-state index contributed by atoms with van der Waals surface area (Å²) in [6.45, 7) is 1.10. The number of hydrogen-bond acceptors (Lipinski definition) is 4. The normalized spacial score (nSPS) is 15.4. The third kappa shape index (κ3) is 4.52. The molecule has 3 N–H and O–H groups in total. The van der Waals surface area contributed by atoms with Crippen molar-refractivity contribution in [2.24, 2.45) is 5.73 Å². The number of amides is 1. The molecule has 0 unspecified atom stereocenters. The molecule has 1 amide bonds. The van der Waals surface area contributed by atoms with Crippen LogP contribution in [0.4, 0.5) is 0 Å². The summed E-state index contributed by atoms with van der Waals surface area (Å²) in [4.78, 5) is 12.5. The maximum Gasteiger partial charge on any atom is 0.254 e. The van der Waals surface area contributed by atoms with Gasteiger partial charge in [0.05, 0.1) is 31.0 Å². The Hall–Kier alpha value is -2.05. The van der Waals surface area contributed by atoms with Crippen LogP contribution in [0.15, 0.2) is 36.7 Å². The van der Waals surface area contributed by atoms with E-state index in [0.717, 1.165) is 37.0 Å². The molecule has 6 nitrogen and oxygen atoms in total. The van der Waals surface area contributed by atoms with Crippen LogP contribution in [-0.4, -0.2) is 34.9 Å². The lowest BCUT2D eigenvalue weighted by molar-refractivity contribution is 0.0903. The number of rotatable bonds is 6. The highest BCUT2D eigenvalue weighted by atomic mass is 35.5. The van der Waals surface area contributed by atoms with Crippen LogP contribution in [0.2, 0.25) is 0 Å². The smallest absolute Gasteiger partial charge is 0.254 e. The standard InChI is InChI=1S/C18H24N4O2.ClH/c1-24-16-6-4-14(5-7-16)11-22-12-15(10-20-22)17(23)21-18(13-19)8-2-3-9-18;/h4-7,10,12H,2-3,8-9,11,13,19H2,1H3,(H,21,23);1H. The first-order valence-electron chi connectivity index (χ1n) is 8.32. The number of carbonyl (C=O) groups excluding carboxylic acids is 1. The lowest BCUT2D eigenvalue weighted by atomic mass is 9.97. The lowest BCUT2D eigenvalue weighted by Crippen LogP contribution is -2.51. The van der Waals surface area contributed by atoms with Gasteiger partial charge >= 0.3 is 0 Å². The number of nitrogens with two attached hydrogens (primary N) is 1. The first kappa shape index (κ1) is 19.3. The van der Waals surface area contributed by atoms with Crippen LogP contribution in [0.3, 0.4) is 0 Å². The van der Waals surface area contributed by atoms with E-state index in [-0.39, 0.29) is 23.9 Å². The molecule has 1 saturated carbocycles. The number of aromatic nitrogens is 2. The molecule has 7 heteroatoms. The molecular formula is C18H25ClN4O2. The van der Waals surface area contributed by atoms with Gasteiger partial charge in [0.25, 0.3) is 5.91 Å². The zero-order valence-corrected chi connectivity index (χ0v) is 15.2. The average molecular weight is 365 g/mol. The summed E-state index contributed by atoms with van der Waals surface area (Å²) in [5, 5.41) is 7.41. The van der Waals surface area contributed by atoms with Crippen molar-refractivity contribution >= 4 is 18.3 Å². The Morgan fingerprint density at radius 2 is 2.00 bits per heavy atom. The van der Waals surface area contributed by atoms with Crippen LogP contribution in [-0.2, 0) is 6.54 Å². The minimum atomic E-state index is -0.241. The highest BCUT2D eigenvalue weighted by molar-refractivity contribution is 5.94. The number of ether oxygens (including phenoxy) is 1. The minimum absolute atomic E-state index is 0. The van der Waals surface area contributed by atoms with E-state index in [1.54, 1.807) is 24.2 Å². The summed E-state index contributed by atoms with van der Waals surface area (Å²) in [6.07, 6.45) is 7.53. The quantitative estimate of drug-likeness (QED) is 0.824. The van der Waals surface area contributed by atoms with Crippen LogP contribution in [0.25, 0.3) is 0 Å². The Morgan fingerprint density at radius 3 is 2.60 bits per heavy atom. The molecule has 25 heavy (non-hydrogen) atoms. The molecule has 0 radical (unpaired) electrons. The van der Waals surface area contributed by atoms with Gasteiger partial charge in [-0.25, -0.2) is 0 Å². The largest absolute Gasteiger partial charge is 0.497 e. The Morgan fingerprint density at radius 1 is 1.32 bits per heavy atom. The van der Waals surface area contributed by atoms with Gasteiger partial charge in [0, 0.05) is 12.7 Å². The van der Waals surface area contributed by atoms with Crippen LogP contribution < -0.4 is 15.8 Å². The summed E-state index contributed by atoms with van der Waals surface area (Å²) in [6, 6.07) is 7.81. The van der Waals surface area contributed by atoms with Gasteiger partial charge in [-0.2, -0.15) is 5.10 Å². The topological polar surface area (TPSA) is 82.2 Å². The first-order chi connectivity index (χ1) is 11.6. The molecule has 1 heterocycles. The zero-order valence-electron chi connectivity index (χ0n) is 14.4. The van der Waals surface area contributed by atoms with Crippen molar-refractivity contribution in [2.45, 2.75) is 37.8 Å². The number of methoxy groups -OCH3 is 1. The minimum Gasteiger partial charge on any atom is -0.497 e. The predicted octanol–water partition coefficient (Wildman–Crippen LogP) is 2.36. The molecule has 1 aromatic carbocycles. The molecule has 0 saturated heterocycles. The van der Waals surface area contributed by atoms with Crippen molar-refractivity contribution in [3.05, 3.63) is 47.8 Å². The summed E-state index contributed by atoms with van der Waals surface area (Å²) in [5.74, 6) is 0.728. The summed E-state index contributed by atoms with van der Waals surface area (Å²) >= 11 is 0. The van der Waals surface area contributed by atoms with E-state index in [0.29, 0.717) is 18.7 Å². The van der Waals surface area contributed by atoms with Crippen LogP contribution >= 0.6 is 12.4 Å². The third-order valence-corrected chi connectivity index (χ3v) is 4.73. The number of hydrogen-bond donors (Lipinski definition) is 2. The van der Waals surface area contributed by atoms with Gasteiger partial charge in [-0.3, -0.25) is 9.48 Å². The molecular weight excluding hydrogens is 340 g/mol. The molecule has 0 bridgehead atoms. The van der Waals surface area contributed by atoms with E-state index >= 15 is 0 Å². The van der Waals surface area contributed by atoms with Crippen LogP contribution in [0, 0.1) is 0 Å². The van der Waals surface area contributed by atoms with Gasteiger partial charge in [-0.05, 0) is 30.5 Å². The molecule has 1 aliphatic rings. The van der Waals surface area contributed by atoms with E-state index in [9.17, 15) is 4.79 Å². The molecule has 3 rings (SSSR count). The van der Waals surface area contributed by atoms with E-state index < -0.39 is 0 Å². The average Bonchev–Trinajstić information content (AvgIpc) is 3.26. The molecule has 1 fully saturated rings. The molecule has 0 atom stereocenters. The highest BCUT2D eigenvalue weighted by Gasteiger charge is 2.34. The Balaban J connectivity index is 0.00000225. The number of nitrogens with zero attached hydrogens (tertiary/aromatic N) is 2. The SMILES string of the molecule is COc1ccc(Cn2cc(C(=O)NC3(CN)CCCC3)cn2)cc1.Cl. The van der Waals surface area contributed by atoms with Crippen molar-refractivity contribution in [1.82, 2.24) is 15.1 Å². The maximum absolute atomic E-state index is 12.5. The Bertz CT molecular complexity index is 693. The van der Waals surface area contributed by atoms with E-state index in [1.807, 2.05) is 24.3 Å². The van der Waals surface area contributed by atoms with Crippen LogP contribution in [0.1, 0.15) is 41.6 Å². The molecule has 1 aromatic heterocycles. The monoisotopic (exact) mass is 364 g/mol. The fraction of sp³-hybridized carbons (Fsp3) is 0.444. The fourth-order valence-electron chi connectivity index (χ4n) is 3.23. The number of halogens is 1. The number of nitrogens with one attached hydrogen (secondary N) is 1. The van der Waals surface area contributed by atoms with Gasteiger partial charge in [0.1, 0.15) is 5.75 Å². The van der Waals surface area contributed by atoms with E-state index in [4.69, 9.17) is 10.5 Å².